The number of aromatic nitrogens is 2. The van der Waals surface area contributed by atoms with Crippen molar-refractivity contribution >= 4 is 0 Å². The van der Waals surface area contributed by atoms with E-state index in [2.05, 4.69) is 21.5 Å². The Hall–Kier alpha value is -1.45. The van der Waals surface area contributed by atoms with Crippen LogP contribution in [-0.4, -0.2) is 29.9 Å². The fraction of sp³-hybridized carbons (Fsp3) is 0.800. The van der Waals surface area contributed by atoms with E-state index in [-0.39, 0.29) is 5.54 Å². The van der Waals surface area contributed by atoms with Crippen LogP contribution < -0.4 is 5.32 Å². The molecule has 1 aromatic rings. The Balaban J connectivity index is 1.94. The molecule has 6 nitrogen and oxygen atoms in total. The van der Waals surface area contributed by atoms with Crippen molar-refractivity contribution < 1.29 is 9.26 Å². The van der Waals surface area contributed by atoms with Gasteiger partial charge < -0.3 is 14.6 Å². The highest BCUT2D eigenvalue weighted by Gasteiger charge is 2.36. The second kappa shape index (κ2) is 8.11. The molecule has 0 unspecified atom stereocenters. The predicted octanol–water partition coefficient (Wildman–Crippen LogP) is 2.45. The van der Waals surface area contributed by atoms with Crippen molar-refractivity contribution in [3.05, 3.63) is 11.7 Å². The van der Waals surface area contributed by atoms with E-state index in [0.717, 1.165) is 25.2 Å². The fourth-order valence-corrected chi connectivity index (χ4v) is 2.89. The standard InChI is InChI=1S/C15H24N4O2/c1-13-18-14(19-21-13)15(7-4-2-3-5-8-15)17-10-12-20-11-6-9-16/h17H,2-8,10-12H2,1H3. The van der Waals surface area contributed by atoms with Gasteiger partial charge in [0.1, 0.15) is 0 Å². The first kappa shape index (κ1) is 15.9. The van der Waals surface area contributed by atoms with Gasteiger partial charge in [-0.1, -0.05) is 30.8 Å². The normalized spacial score (nSPS) is 18.1. The van der Waals surface area contributed by atoms with Gasteiger partial charge in [-0.05, 0) is 12.8 Å². The number of nitriles is 1. The molecular formula is C15H24N4O2. The smallest absolute Gasteiger partial charge is 0.223 e. The quantitative estimate of drug-likeness (QED) is 0.614. The molecule has 0 aromatic carbocycles. The molecule has 1 saturated carbocycles. The van der Waals surface area contributed by atoms with E-state index in [9.17, 15) is 0 Å². The van der Waals surface area contributed by atoms with Crippen LogP contribution in [0.25, 0.3) is 0 Å². The minimum absolute atomic E-state index is 0.188. The Morgan fingerprint density at radius 2 is 2.05 bits per heavy atom. The summed E-state index contributed by atoms with van der Waals surface area (Å²) in [5.41, 5.74) is -0.188. The lowest BCUT2D eigenvalue weighted by molar-refractivity contribution is 0.128. The zero-order valence-corrected chi connectivity index (χ0v) is 12.7. The molecule has 1 fully saturated rings. The van der Waals surface area contributed by atoms with E-state index in [0.29, 0.717) is 25.5 Å². The van der Waals surface area contributed by atoms with Crippen molar-refractivity contribution in [2.45, 2.75) is 57.4 Å². The molecule has 0 spiro atoms. The number of ether oxygens (including phenoxy) is 1. The molecule has 0 atom stereocenters. The molecule has 1 aliphatic rings. The van der Waals surface area contributed by atoms with Crippen molar-refractivity contribution in [1.82, 2.24) is 15.5 Å². The number of nitrogens with zero attached hydrogens (tertiary/aromatic N) is 3. The molecule has 0 aliphatic heterocycles. The van der Waals surface area contributed by atoms with Crippen molar-refractivity contribution in [2.24, 2.45) is 0 Å². The number of hydrogen-bond donors (Lipinski definition) is 1. The van der Waals surface area contributed by atoms with Gasteiger partial charge in [-0.25, -0.2) is 0 Å². The lowest BCUT2D eigenvalue weighted by atomic mass is 9.89. The fourth-order valence-electron chi connectivity index (χ4n) is 2.89. The van der Waals surface area contributed by atoms with E-state index >= 15 is 0 Å². The largest absolute Gasteiger partial charge is 0.379 e. The van der Waals surface area contributed by atoms with E-state index in [1.54, 1.807) is 0 Å². The van der Waals surface area contributed by atoms with Gasteiger partial charge in [0.05, 0.1) is 31.2 Å². The van der Waals surface area contributed by atoms with Crippen molar-refractivity contribution in [3.8, 4) is 6.07 Å². The zero-order valence-electron chi connectivity index (χ0n) is 12.7. The zero-order chi connectivity index (χ0) is 15.0. The van der Waals surface area contributed by atoms with E-state index in [1.807, 2.05) is 6.92 Å². The average molecular weight is 292 g/mol. The Morgan fingerprint density at radius 1 is 1.29 bits per heavy atom. The maximum atomic E-state index is 8.48. The van der Waals surface area contributed by atoms with E-state index < -0.39 is 0 Å². The molecule has 0 radical (unpaired) electrons. The third kappa shape index (κ3) is 4.51. The second-order valence-electron chi connectivity index (χ2n) is 5.58. The molecule has 2 rings (SSSR count). The summed E-state index contributed by atoms with van der Waals surface area (Å²) in [5, 5.41) is 16.2. The topological polar surface area (TPSA) is 84.0 Å². The highest BCUT2D eigenvalue weighted by molar-refractivity contribution is 5.06. The summed E-state index contributed by atoms with van der Waals surface area (Å²) in [6.07, 6.45) is 7.38. The molecule has 1 aromatic heterocycles. The molecular weight excluding hydrogens is 268 g/mol. The van der Waals surface area contributed by atoms with Crippen LogP contribution in [0.1, 0.15) is 56.7 Å². The van der Waals surface area contributed by atoms with E-state index in [1.165, 1.54) is 25.7 Å². The van der Waals surface area contributed by atoms with Crippen molar-refractivity contribution in [3.63, 3.8) is 0 Å². The first-order valence-corrected chi connectivity index (χ1v) is 7.77. The maximum Gasteiger partial charge on any atom is 0.223 e. The second-order valence-corrected chi connectivity index (χ2v) is 5.58. The summed E-state index contributed by atoms with van der Waals surface area (Å²) in [6.45, 7) is 3.65. The molecule has 6 heteroatoms. The summed E-state index contributed by atoms with van der Waals surface area (Å²) in [5.74, 6) is 1.39. The van der Waals surface area contributed by atoms with Gasteiger partial charge >= 0.3 is 0 Å². The van der Waals surface area contributed by atoms with Crippen LogP contribution in [0.15, 0.2) is 4.52 Å². The summed E-state index contributed by atoms with van der Waals surface area (Å²) in [7, 11) is 0. The molecule has 21 heavy (non-hydrogen) atoms. The van der Waals surface area contributed by atoms with Crippen LogP contribution in [0.5, 0.6) is 0 Å². The minimum Gasteiger partial charge on any atom is -0.379 e. The third-order valence-corrected chi connectivity index (χ3v) is 3.98. The Bertz CT molecular complexity index is 458. The average Bonchev–Trinajstić information content (AvgIpc) is 2.79. The summed E-state index contributed by atoms with van der Waals surface area (Å²) < 4.78 is 10.6. The molecule has 1 N–H and O–H groups in total. The first-order valence-electron chi connectivity index (χ1n) is 7.77. The number of aryl methyl sites for hydroxylation is 1. The predicted molar refractivity (Wildman–Crippen MR) is 77.5 cm³/mol. The first-order chi connectivity index (χ1) is 10.3. The molecule has 116 valence electrons. The molecule has 1 aliphatic carbocycles. The molecule has 0 saturated heterocycles. The van der Waals surface area contributed by atoms with Crippen LogP contribution in [0.3, 0.4) is 0 Å². The van der Waals surface area contributed by atoms with Crippen LogP contribution in [-0.2, 0) is 10.3 Å². The van der Waals surface area contributed by atoms with Crippen LogP contribution in [0, 0.1) is 18.3 Å². The highest BCUT2D eigenvalue weighted by atomic mass is 16.5. The van der Waals surface area contributed by atoms with Gasteiger partial charge in [0, 0.05) is 13.5 Å². The number of rotatable bonds is 7. The van der Waals surface area contributed by atoms with Crippen molar-refractivity contribution in [2.75, 3.05) is 19.8 Å². The van der Waals surface area contributed by atoms with Gasteiger partial charge in [-0.15, -0.1) is 0 Å². The van der Waals surface area contributed by atoms with Gasteiger partial charge in [0.15, 0.2) is 5.82 Å². The van der Waals surface area contributed by atoms with Gasteiger partial charge in [0.25, 0.3) is 0 Å². The van der Waals surface area contributed by atoms with Gasteiger partial charge in [-0.3, -0.25) is 0 Å². The van der Waals surface area contributed by atoms with Gasteiger partial charge in [-0.2, -0.15) is 10.2 Å². The Kier molecular flexibility index (Phi) is 6.15. The highest BCUT2D eigenvalue weighted by Crippen LogP contribution is 2.34. The summed E-state index contributed by atoms with van der Waals surface area (Å²) >= 11 is 0. The minimum atomic E-state index is -0.188. The van der Waals surface area contributed by atoms with Crippen molar-refractivity contribution in [1.29, 1.82) is 5.26 Å². The monoisotopic (exact) mass is 292 g/mol. The van der Waals surface area contributed by atoms with Gasteiger partial charge in [0.2, 0.25) is 5.89 Å². The SMILES string of the molecule is Cc1nc(C2(NCCOCCC#N)CCCCCC2)no1. The van der Waals surface area contributed by atoms with Crippen LogP contribution in [0.2, 0.25) is 0 Å². The van der Waals surface area contributed by atoms with Crippen LogP contribution in [0.4, 0.5) is 0 Å². The number of nitrogens with one attached hydrogen (secondary N) is 1. The Morgan fingerprint density at radius 3 is 2.67 bits per heavy atom. The lowest BCUT2D eigenvalue weighted by Crippen LogP contribution is -2.44. The molecule has 0 bridgehead atoms. The number of hydrogen-bond acceptors (Lipinski definition) is 6. The summed E-state index contributed by atoms with van der Waals surface area (Å²) in [4.78, 5) is 4.45. The summed E-state index contributed by atoms with van der Waals surface area (Å²) in [6, 6.07) is 2.07. The Labute approximate surface area is 125 Å². The third-order valence-electron chi connectivity index (χ3n) is 3.98. The molecule has 0 amide bonds. The van der Waals surface area contributed by atoms with E-state index in [4.69, 9.17) is 14.5 Å². The molecule has 1 heterocycles. The lowest BCUT2D eigenvalue weighted by Gasteiger charge is -2.30. The maximum absolute atomic E-state index is 8.48. The van der Waals surface area contributed by atoms with Crippen LogP contribution >= 0.6 is 0 Å².